The largest absolute Gasteiger partial charge is 0.391 e. The maximum Gasteiger partial charge on any atom is 0.391 e. The van der Waals surface area contributed by atoms with Gasteiger partial charge in [0.15, 0.2) is 5.65 Å². The molecule has 1 saturated carbocycles. The van der Waals surface area contributed by atoms with Crippen molar-refractivity contribution in [1.82, 2.24) is 19.9 Å². The average Bonchev–Trinajstić information content (AvgIpc) is 2.53. The smallest absolute Gasteiger partial charge is 0.375 e. The van der Waals surface area contributed by atoms with Crippen LogP contribution >= 0.6 is 0 Å². The van der Waals surface area contributed by atoms with E-state index in [0.717, 1.165) is 11.4 Å². The molecule has 2 aromatic rings. The number of hydrogen-bond donors (Lipinski definition) is 0. The van der Waals surface area contributed by atoms with Crippen LogP contribution in [-0.4, -0.2) is 51.9 Å². The number of hydrogen-bond acceptors (Lipinski definition) is 6. The number of ether oxygens (including phenoxy) is 1. The van der Waals surface area contributed by atoms with E-state index in [1.807, 2.05) is 25.7 Å². The number of alkyl halides is 3. The number of aromatic nitrogens is 4. The number of rotatable bonds is 2. The van der Waals surface area contributed by atoms with Gasteiger partial charge in [-0.3, -0.25) is 0 Å². The minimum absolute atomic E-state index is 0.0448. The Kier molecular flexibility index (Phi) is 4.44. The van der Waals surface area contributed by atoms with Crippen molar-refractivity contribution >= 4 is 17.1 Å². The van der Waals surface area contributed by atoms with Gasteiger partial charge >= 0.3 is 6.18 Å². The molecule has 9 heteroatoms. The van der Waals surface area contributed by atoms with Crippen molar-refractivity contribution in [3.05, 3.63) is 17.1 Å². The van der Waals surface area contributed by atoms with Gasteiger partial charge < -0.3 is 9.64 Å². The standard InChI is InChI=1S/C18H22F3N5O/c1-9-8-26(4-5-27-9)17-24-14(12-6-13(7-12)18(19,20)21)15-16(25-17)23-11(3)10(2)22-15/h9,12-13H,4-8H2,1-3H3. The van der Waals surface area contributed by atoms with Crippen LogP contribution in [0.1, 0.15) is 42.8 Å². The second-order valence-electron chi connectivity index (χ2n) is 7.51. The zero-order valence-corrected chi connectivity index (χ0v) is 15.5. The molecule has 2 aliphatic rings. The number of nitrogens with zero attached hydrogens (tertiary/aromatic N) is 5. The van der Waals surface area contributed by atoms with Crippen molar-refractivity contribution in [1.29, 1.82) is 0 Å². The molecular weight excluding hydrogens is 359 g/mol. The lowest BCUT2D eigenvalue weighted by Gasteiger charge is -2.37. The Labute approximate surface area is 155 Å². The van der Waals surface area contributed by atoms with Gasteiger partial charge in [-0.25, -0.2) is 15.0 Å². The first-order valence-corrected chi connectivity index (χ1v) is 9.18. The number of anilines is 1. The maximum absolute atomic E-state index is 13.0. The molecule has 0 bridgehead atoms. The summed E-state index contributed by atoms with van der Waals surface area (Å²) in [6, 6.07) is 0. The van der Waals surface area contributed by atoms with E-state index in [2.05, 4.69) is 19.9 Å². The van der Waals surface area contributed by atoms with E-state index < -0.39 is 12.1 Å². The summed E-state index contributed by atoms with van der Waals surface area (Å²) in [5.41, 5.74) is 3.06. The normalized spacial score (nSPS) is 26.3. The van der Waals surface area contributed by atoms with Gasteiger partial charge in [0.2, 0.25) is 5.95 Å². The molecule has 3 heterocycles. The van der Waals surface area contributed by atoms with Crippen molar-refractivity contribution in [2.24, 2.45) is 5.92 Å². The van der Waals surface area contributed by atoms with Crippen LogP contribution in [0.4, 0.5) is 19.1 Å². The fraction of sp³-hybridized carbons (Fsp3) is 0.667. The lowest BCUT2D eigenvalue weighted by atomic mass is 9.72. The molecule has 0 amide bonds. The lowest BCUT2D eigenvalue weighted by molar-refractivity contribution is -0.197. The SMILES string of the molecule is Cc1nc2nc(N3CCOC(C)C3)nc(C3CC(C(F)(F)F)C3)c2nc1C. The van der Waals surface area contributed by atoms with Crippen LogP contribution < -0.4 is 4.90 Å². The topological polar surface area (TPSA) is 64.0 Å². The third-order valence-electron chi connectivity index (χ3n) is 5.47. The minimum atomic E-state index is -4.15. The Bertz CT molecular complexity index is 866. The van der Waals surface area contributed by atoms with E-state index in [9.17, 15) is 13.2 Å². The molecule has 2 fully saturated rings. The fourth-order valence-electron chi connectivity index (χ4n) is 3.66. The highest BCUT2D eigenvalue weighted by Crippen LogP contribution is 2.50. The van der Waals surface area contributed by atoms with Gasteiger partial charge in [0.25, 0.3) is 0 Å². The van der Waals surface area contributed by atoms with Crippen molar-refractivity contribution in [3.8, 4) is 0 Å². The van der Waals surface area contributed by atoms with Crippen molar-refractivity contribution in [2.45, 2.75) is 51.8 Å². The molecule has 4 rings (SSSR count). The first kappa shape index (κ1) is 18.3. The Morgan fingerprint density at radius 1 is 1.04 bits per heavy atom. The van der Waals surface area contributed by atoms with Crippen LogP contribution in [-0.2, 0) is 4.74 Å². The van der Waals surface area contributed by atoms with Crippen LogP contribution in [0.3, 0.4) is 0 Å². The highest BCUT2D eigenvalue weighted by atomic mass is 19.4. The molecule has 0 radical (unpaired) electrons. The van der Waals surface area contributed by atoms with Crippen molar-refractivity contribution in [3.63, 3.8) is 0 Å². The van der Waals surface area contributed by atoms with Gasteiger partial charge in [0.05, 0.1) is 35.7 Å². The summed E-state index contributed by atoms with van der Waals surface area (Å²) < 4.78 is 44.4. The van der Waals surface area contributed by atoms with E-state index in [1.54, 1.807) is 0 Å². The van der Waals surface area contributed by atoms with Gasteiger partial charge in [0.1, 0.15) is 5.52 Å². The van der Waals surface area contributed by atoms with Crippen molar-refractivity contribution in [2.75, 3.05) is 24.6 Å². The zero-order valence-electron chi connectivity index (χ0n) is 15.5. The minimum Gasteiger partial charge on any atom is -0.375 e. The summed E-state index contributed by atoms with van der Waals surface area (Å²) in [7, 11) is 0. The second-order valence-corrected chi connectivity index (χ2v) is 7.51. The summed E-state index contributed by atoms with van der Waals surface area (Å²) in [5, 5.41) is 0. The van der Waals surface area contributed by atoms with Gasteiger partial charge in [-0.1, -0.05) is 0 Å². The Morgan fingerprint density at radius 2 is 1.74 bits per heavy atom. The first-order valence-electron chi connectivity index (χ1n) is 9.18. The molecule has 1 saturated heterocycles. The van der Waals surface area contributed by atoms with Crippen molar-refractivity contribution < 1.29 is 17.9 Å². The zero-order chi connectivity index (χ0) is 19.3. The van der Waals surface area contributed by atoms with Crippen LogP contribution in [0.15, 0.2) is 0 Å². The van der Waals surface area contributed by atoms with Gasteiger partial charge in [-0.2, -0.15) is 18.2 Å². The molecular formula is C18H22F3N5O. The molecule has 1 aliphatic heterocycles. The highest BCUT2D eigenvalue weighted by molar-refractivity contribution is 5.75. The average molecular weight is 381 g/mol. The fourth-order valence-corrected chi connectivity index (χ4v) is 3.66. The molecule has 27 heavy (non-hydrogen) atoms. The summed E-state index contributed by atoms with van der Waals surface area (Å²) in [4.78, 5) is 20.3. The molecule has 0 N–H and O–H groups in total. The predicted molar refractivity (Wildman–Crippen MR) is 93.7 cm³/mol. The van der Waals surface area contributed by atoms with E-state index >= 15 is 0 Å². The molecule has 0 aromatic carbocycles. The maximum atomic E-state index is 13.0. The second kappa shape index (κ2) is 6.54. The van der Waals surface area contributed by atoms with Gasteiger partial charge in [0, 0.05) is 19.0 Å². The molecule has 1 atom stereocenters. The summed E-state index contributed by atoms with van der Waals surface area (Å²) in [5.74, 6) is -1.03. The van der Waals surface area contributed by atoms with Gasteiger partial charge in [-0.15, -0.1) is 0 Å². The summed E-state index contributed by atoms with van der Waals surface area (Å²) in [6.07, 6.45) is -4.02. The molecule has 146 valence electrons. The summed E-state index contributed by atoms with van der Waals surface area (Å²) >= 11 is 0. The number of fused-ring (bicyclic) bond motifs is 1. The Balaban J connectivity index is 1.75. The van der Waals surface area contributed by atoms with E-state index in [0.29, 0.717) is 42.5 Å². The number of aryl methyl sites for hydroxylation is 2. The van der Waals surface area contributed by atoms with Crippen LogP contribution in [0, 0.1) is 19.8 Å². The van der Waals surface area contributed by atoms with Gasteiger partial charge in [-0.05, 0) is 33.6 Å². The molecule has 1 aliphatic carbocycles. The highest BCUT2D eigenvalue weighted by Gasteiger charge is 2.49. The predicted octanol–water partition coefficient (Wildman–Crippen LogP) is 3.32. The third-order valence-corrected chi connectivity index (χ3v) is 5.47. The number of halogens is 3. The first-order chi connectivity index (χ1) is 12.7. The summed E-state index contributed by atoms with van der Waals surface area (Å²) in [6.45, 7) is 7.51. The van der Waals surface area contributed by atoms with E-state index in [4.69, 9.17) is 4.74 Å². The Morgan fingerprint density at radius 3 is 2.41 bits per heavy atom. The van der Waals surface area contributed by atoms with Crippen LogP contribution in [0.5, 0.6) is 0 Å². The Hall–Kier alpha value is -2.03. The van der Waals surface area contributed by atoms with E-state index in [-0.39, 0.29) is 24.9 Å². The molecule has 2 aromatic heterocycles. The molecule has 0 spiro atoms. The quantitative estimate of drug-likeness (QED) is 0.795. The third kappa shape index (κ3) is 3.44. The monoisotopic (exact) mass is 381 g/mol. The number of morpholine rings is 1. The van der Waals surface area contributed by atoms with Crippen LogP contribution in [0.2, 0.25) is 0 Å². The van der Waals surface area contributed by atoms with Crippen LogP contribution in [0.25, 0.3) is 11.2 Å². The van der Waals surface area contributed by atoms with E-state index in [1.165, 1.54) is 0 Å². The molecule has 1 unspecified atom stereocenters. The molecule has 6 nitrogen and oxygen atoms in total. The lowest BCUT2D eigenvalue weighted by Crippen LogP contribution is -2.42.